The van der Waals surface area contributed by atoms with Gasteiger partial charge >= 0.3 is 0 Å². The maximum absolute atomic E-state index is 14.5. The summed E-state index contributed by atoms with van der Waals surface area (Å²) in [5, 5.41) is 13.9. The quantitative estimate of drug-likeness (QED) is 0.782. The van der Waals surface area contributed by atoms with Gasteiger partial charge in [0.2, 0.25) is 0 Å². The first kappa shape index (κ1) is 16.6. The molecule has 0 unspecified atom stereocenters. The van der Waals surface area contributed by atoms with Gasteiger partial charge in [-0.25, -0.2) is 14.1 Å². The molecule has 25 heavy (non-hydrogen) atoms. The summed E-state index contributed by atoms with van der Waals surface area (Å²) >= 11 is 0. The van der Waals surface area contributed by atoms with Crippen molar-refractivity contribution in [2.24, 2.45) is 0 Å². The second-order valence-corrected chi connectivity index (χ2v) is 5.73. The van der Waals surface area contributed by atoms with Gasteiger partial charge in [0.05, 0.1) is 23.5 Å². The number of carbonyl (C=O) groups is 1. The van der Waals surface area contributed by atoms with Crippen LogP contribution in [0.2, 0.25) is 0 Å². The Labute approximate surface area is 143 Å². The molecule has 8 nitrogen and oxygen atoms in total. The van der Waals surface area contributed by atoms with E-state index >= 15 is 0 Å². The molecular formula is C16H16FN7O. The van der Waals surface area contributed by atoms with Crippen molar-refractivity contribution in [3.63, 3.8) is 0 Å². The van der Waals surface area contributed by atoms with Gasteiger partial charge in [-0.2, -0.15) is 0 Å². The number of rotatable bonds is 4. The lowest BCUT2D eigenvalue weighted by molar-refractivity contribution is 0.102. The van der Waals surface area contributed by atoms with Crippen LogP contribution in [0, 0.1) is 12.7 Å². The van der Waals surface area contributed by atoms with Gasteiger partial charge in [-0.1, -0.05) is 0 Å². The second-order valence-electron chi connectivity index (χ2n) is 5.73. The van der Waals surface area contributed by atoms with Crippen LogP contribution in [0.5, 0.6) is 0 Å². The molecule has 128 valence electrons. The molecule has 0 atom stereocenters. The summed E-state index contributed by atoms with van der Waals surface area (Å²) in [5.41, 5.74) is 1.41. The van der Waals surface area contributed by atoms with E-state index in [4.69, 9.17) is 0 Å². The molecule has 0 bridgehead atoms. The zero-order valence-electron chi connectivity index (χ0n) is 13.9. The van der Waals surface area contributed by atoms with Crippen LogP contribution in [-0.4, -0.2) is 36.1 Å². The number of tetrazole rings is 1. The lowest BCUT2D eigenvalue weighted by Crippen LogP contribution is -2.14. The van der Waals surface area contributed by atoms with E-state index in [1.165, 1.54) is 29.2 Å². The van der Waals surface area contributed by atoms with E-state index in [2.05, 4.69) is 30.8 Å². The molecule has 1 N–H and O–H groups in total. The molecule has 0 spiro atoms. The van der Waals surface area contributed by atoms with Crippen LogP contribution >= 0.6 is 0 Å². The molecule has 0 aliphatic carbocycles. The minimum atomic E-state index is -0.538. The van der Waals surface area contributed by atoms with E-state index in [-0.39, 0.29) is 17.3 Å². The highest BCUT2D eigenvalue weighted by molar-refractivity contribution is 6.02. The molecule has 3 rings (SSSR count). The Morgan fingerprint density at radius 3 is 2.68 bits per heavy atom. The van der Waals surface area contributed by atoms with Crippen molar-refractivity contribution in [2.75, 3.05) is 5.32 Å². The van der Waals surface area contributed by atoms with Crippen LogP contribution in [0.1, 0.15) is 36.1 Å². The van der Waals surface area contributed by atoms with Crippen LogP contribution in [-0.2, 0) is 0 Å². The standard InChI is InChI=1S/C16H16FN7O/c1-9(2)24-15(21-22-23-24)12-5-4-11(6-13(12)17)20-16(25)14-8-18-10(3)7-19-14/h4-9H,1-3H3,(H,20,25). The van der Waals surface area contributed by atoms with Crippen LogP contribution in [0.3, 0.4) is 0 Å². The molecular weight excluding hydrogens is 325 g/mol. The Bertz CT molecular complexity index is 905. The van der Waals surface area contributed by atoms with E-state index in [0.29, 0.717) is 17.2 Å². The van der Waals surface area contributed by atoms with E-state index in [9.17, 15) is 9.18 Å². The van der Waals surface area contributed by atoms with Gasteiger partial charge in [0.25, 0.3) is 5.91 Å². The minimum absolute atomic E-state index is 0.0103. The summed E-state index contributed by atoms with van der Waals surface area (Å²) in [4.78, 5) is 20.1. The Kier molecular flexibility index (Phi) is 4.46. The highest BCUT2D eigenvalue weighted by Gasteiger charge is 2.16. The fourth-order valence-electron chi connectivity index (χ4n) is 2.20. The molecule has 0 saturated carbocycles. The van der Waals surface area contributed by atoms with Crippen LogP contribution in [0.15, 0.2) is 30.6 Å². The van der Waals surface area contributed by atoms with Gasteiger partial charge in [0, 0.05) is 11.9 Å². The van der Waals surface area contributed by atoms with E-state index in [1.807, 2.05) is 13.8 Å². The Morgan fingerprint density at radius 2 is 2.04 bits per heavy atom. The number of carbonyl (C=O) groups excluding carboxylic acids is 1. The van der Waals surface area contributed by atoms with Gasteiger partial charge in [0.15, 0.2) is 5.82 Å². The molecule has 0 aliphatic heterocycles. The molecule has 3 aromatic rings. The average Bonchev–Trinajstić information content (AvgIpc) is 3.05. The van der Waals surface area contributed by atoms with Crippen LogP contribution < -0.4 is 5.32 Å². The molecule has 1 aromatic carbocycles. The highest BCUT2D eigenvalue weighted by Crippen LogP contribution is 2.25. The van der Waals surface area contributed by atoms with Crippen molar-refractivity contribution in [1.29, 1.82) is 0 Å². The summed E-state index contributed by atoms with van der Waals surface area (Å²) < 4.78 is 16.0. The van der Waals surface area contributed by atoms with Gasteiger partial charge in [-0.15, -0.1) is 5.10 Å². The summed E-state index contributed by atoms with van der Waals surface area (Å²) in [6.07, 6.45) is 2.86. The molecule has 2 heterocycles. The summed E-state index contributed by atoms with van der Waals surface area (Å²) in [6.45, 7) is 5.57. The zero-order chi connectivity index (χ0) is 18.0. The van der Waals surface area contributed by atoms with Crippen molar-refractivity contribution in [2.45, 2.75) is 26.8 Å². The van der Waals surface area contributed by atoms with E-state index in [1.54, 1.807) is 13.0 Å². The number of nitrogens with one attached hydrogen (secondary N) is 1. The first-order chi connectivity index (χ1) is 12.0. The summed E-state index contributed by atoms with van der Waals surface area (Å²) in [6, 6.07) is 4.31. The topological polar surface area (TPSA) is 98.5 Å². The normalized spacial score (nSPS) is 10.9. The molecule has 0 aliphatic rings. The SMILES string of the molecule is Cc1cnc(C(=O)Nc2ccc(-c3nnnn3C(C)C)c(F)c2)cn1. The van der Waals surface area contributed by atoms with Gasteiger partial charge in [0.1, 0.15) is 11.5 Å². The Balaban J connectivity index is 1.83. The van der Waals surface area contributed by atoms with Crippen LogP contribution in [0.25, 0.3) is 11.4 Å². The number of benzene rings is 1. The van der Waals surface area contributed by atoms with E-state index < -0.39 is 11.7 Å². The molecule has 9 heteroatoms. The second kappa shape index (κ2) is 6.71. The number of amides is 1. The van der Waals surface area contributed by atoms with Gasteiger partial charge in [-0.3, -0.25) is 9.78 Å². The third-order valence-electron chi connectivity index (χ3n) is 3.46. The van der Waals surface area contributed by atoms with Gasteiger partial charge < -0.3 is 5.32 Å². The first-order valence-electron chi connectivity index (χ1n) is 7.63. The predicted octanol–water partition coefficient (Wildman–Crippen LogP) is 2.41. The summed E-state index contributed by atoms with van der Waals surface area (Å²) in [7, 11) is 0. The van der Waals surface area contributed by atoms with Gasteiger partial charge in [-0.05, 0) is 49.4 Å². The lowest BCUT2D eigenvalue weighted by Gasteiger charge is -2.10. The fourth-order valence-corrected chi connectivity index (χ4v) is 2.20. The number of aromatic nitrogens is 6. The number of halogens is 1. The van der Waals surface area contributed by atoms with Crippen LogP contribution in [0.4, 0.5) is 10.1 Å². The molecule has 0 saturated heterocycles. The average molecular weight is 341 g/mol. The highest BCUT2D eigenvalue weighted by atomic mass is 19.1. The maximum Gasteiger partial charge on any atom is 0.275 e. The van der Waals surface area contributed by atoms with Crippen molar-refractivity contribution in [1.82, 2.24) is 30.2 Å². The first-order valence-corrected chi connectivity index (χ1v) is 7.63. The molecule has 0 fully saturated rings. The van der Waals surface area contributed by atoms with Crippen molar-refractivity contribution < 1.29 is 9.18 Å². The zero-order valence-corrected chi connectivity index (χ0v) is 13.9. The van der Waals surface area contributed by atoms with Crippen molar-refractivity contribution in [3.05, 3.63) is 47.8 Å². The Hall–Kier alpha value is -3.23. The smallest absolute Gasteiger partial charge is 0.275 e. The Morgan fingerprint density at radius 1 is 1.24 bits per heavy atom. The number of hydrogen-bond acceptors (Lipinski definition) is 6. The predicted molar refractivity (Wildman–Crippen MR) is 88.3 cm³/mol. The largest absolute Gasteiger partial charge is 0.321 e. The number of anilines is 1. The van der Waals surface area contributed by atoms with Crippen molar-refractivity contribution >= 4 is 11.6 Å². The van der Waals surface area contributed by atoms with E-state index in [0.717, 1.165) is 0 Å². The molecule has 2 aromatic heterocycles. The molecule has 1 amide bonds. The van der Waals surface area contributed by atoms with Crippen molar-refractivity contribution in [3.8, 4) is 11.4 Å². The fraction of sp³-hybridized carbons (Fsp3) is 0.250. The molecule has 0 radical (unpaired) electrons. The summed E-state index contributed by atoms with van der Waals surface area (Å²) in [5.74, 6) is -0.675. The lowest BCUT2D eigenvalue weighted by atomic mass is 10.1. The monoisotopic (exact) mass is 341 g/mol. The minimum Gasteiger partial charge on any atom is -0.321 e. The number of nitrogens with zero attached hydrogens (tertiary/aromatic N) is 6. The number of hydrogen-bond donors (Lipinski definition) is 1. The third-order valence-corrected chi connectivity index (χ3v) is 3.46. The maximum atomic E-state index is 14.5. The number of aryl methyl sites for hydroxylation is 1. The third kappa shape index (κ3) is 3.49.